The summed E-state index contributed by atoms with van der Waals surface area (Å²) >= 11 is 1.99. The van der Waals surface area contributed by atoms with Gasteiger partial charge in [0, 0.05) is 9.75 Å². The topological polar surface area (TPSA) is 0 Å². The lowest BCUT2D eigenvalue weighted by Crippen LogP contribution is -1.98. The van der Waals surface area contributed by atoms with Crippen LogP contribution in [0.25, 0.3) is 0 Å². The highest BCUT2D eigenvalue weighted by molar-refractivity contribution is 7.12. The Morgan fingerprint density at radius 1 is 1.29 bits per heavy atom. The number of thiophene rings is 1. The molecule has 0 saturated heterocycles. The van der Waals surface area contributed by atoms with Crippen LogP contribution in [-0.4, -0.2) is 0 Å². The maximum absolute atomic E-state index is 5.62. The van der Waals surface area contributed by atoms with E-state index in [4.69, 9.17) is 6.42 Å². The van der Waals surface area contributed by atoms with Crippen LogP contribution in [0.2, 0.25) is 0 Å². The molecule has 1 heterocycles. The average molecular weight is 202 g/mol. The summed E-state index contributed by atoms with van der Waals surface area (Å²) in [5.74, 6) is 2.99. The SMILES string of the molecule is C#CC1(c2cc3c(s2)CCCC3)CC1. The van der Waals surface area contributed by atoms with Crippen LogP contribution in [0, 0.1) is 12.3 Å². The molecule has 1 heteroatoms. The molecule has 0 atom stereocenters. The van der Waals surface area contributed by atoms with E-state index >= 15 is 0 Å². The Bertz CT molecular complexity index is 378. The molecule has 0 amide bonds. The van der Waals surface area contributed by atoms with Gasteiger partial charge in [-0.25, -0.2) is 0 Å². The molecule has 1 fully saturated rings. The molecule has 2 aliphatic rings. The second-order valence-electron chi connectivity index (χ2n) is 4.49. The largest absolute Gasteiger partial charge is 0.144 e. The zero-order valence-electron chi connectivity index (χ0n) is 8.31. The van der Waals surface area contributed by atoms with Crippen molar-refractivity contribution in [1.82, 2.24) is 0 Å². The highest BCUT2D eigenvalue weighted by Gasteiger charge is 2.44. The van der Waals surface area contributed by atoms with Crippen molar-refractivity contribution in [2.75, 3.05) is 0 Å². The summed E-state index contributed by atoms with van der Waals surface area (Å²) in [6.07, 6.45) is 13.4. The van der Waals surface area contributed by atoms with Gasteiger partial charge >= 0.3 is 0 Å². The zero-order valence-corrected chi connectivity index (χ0v) is 9.12. The van der Waals surface area contributed by atoms with E-state index in [2.05, 4.69) is 12.0 Å². The molecular formula is C13H14S. The highest BCUT2D eigenvalue weighted by Crippen LogP contribution is 2.51. The molecule has 3 rings (SSSR count). The first-order valence-electron chi connectivity index (χ1n) is 5.44. The first-order valence-corrected chi connectivity index (χ1v) is 6.25. The van der Waals surface area contributed by atoms with Crippen molar-refractivity contribution in [3.63, 3.8) is 0 Å². The van der Waals surface area contributed by atoms with Crippen molar-refractivity contribution in [3.8, 4) is 12.3 Å². The maximum Gasteiger partial charge on any atom is 0.0654 e. The van der Waals surface area contributed by atoms with Gasteiger partial charge in [0.1, 0.15) is 0 Å². The predicted molar refractivity (Wildman–Crippen MR) is 60.7 cm³/mol. The van der Waals surface area contributed by atoms with Gasteiger partial charge < -0.3 is 0 Å². The molecule has 1 aromatic rings. The van der Waals surface area contributed by atoms with Gasteiger partial charge in [0.25, 0.3) is 0 Å². The first-order chi connectivity index (χ1) is 6.84. The minimum absolute atomic E-state index is 0.169. The van der Waals surface area contributed by atoms with Crippen molar-refractivity contribution in [1.29, 1.82) is 0 Å². The van der Waals surface area contributed by atoms with Gasteiger partial charge in [0.2, 0.25) is 0 Å². The van der Waals surface area contributed by atoms with Crippen molar-refractivity contribution in [2.24, 2.45) is 0 Å². The summed E-state index contributed by atoms with van der Waals surface area (Å²) in [4.78, 5) is 3.10. The normalized spacial score (nSPS) is 22.5. The third kappa shape index (κ3) is 1.14. The van der Waals surface area contributed by atoms with Crippen LogP contribution in [0.5, 0.6) is 0 Å². The van der Waals surface area contributed by atoms with Crippen LogP contribution in [-0.2, 0) is 18.3 Å². The van der Waals surface area contributed by atoms with E-state index in [-0.39, 0.29) is 5.41 Å². The van der Waals surface area contributed by atoms with Crippen LogP contribution in [0.1, 0.15) is 41.0 Å². The van der Waals surface area contributed by atoms with Gasteiger partial charge in [-0.15, -0.1) is 17.8 Å². The minimum atomic E-state index is 0.169. The molecule has 72 valence electrons. The summed E-state index contributed by atoms with van der Waals surface area (Å²) in [5, 5.41) is 0. The standard InChI is InChI=1S/C13H14S/c1-2-13(7-8-13)12-9-10-5-3-4-6-11(10)14-12/h1,9H,3-8H2. The van der Waals surface area contributed by atoms with Gasteiger partial charge in [0.05, 0.1) is 5.41 Å². The van der Waals surface area contributed by atoms with E-state index in [1.165, 1.54) is 43.4 Å². The van der Waals surface area contributed by atoms with Crippen molar-refractivity contribution in [3.05, 3.63) is 21.4 Å². The lowest BCUT2D eigenvalue weighted by Gasteiger charge is -2.08. The summed E-state index contributed by atoms with van der Waals surface area (Å²) < 4.78 is 0. The lowest BCUT2D eigenvalue weighted by molar-refractivity contribution is 0.696. The van der Waals surface area contributed by atoms with E-state index in [1.54, 1.807) is 10.4 Å². The lowest BCUT2D eigenvalue weighted by atomic mass is 9.97. The molecule has 2 aliphatic carbocycles. The van der Waals surface area contributed by atoms with Crippen molar-refractivity contribution in [2.45, 2.75) is 43.9 Å². The molecule has 0 aliphatic heterocycles. The van der Waals surface area contributed by atoms with Crippen LogP contribution in [0.4, 0.5) is 0 Å². The molecular weight excluding hydrogens is 188 g/mol. The molecule has 0 bridgehead atoms. The number of hydrogen-bond donors (Lipinski definition) is 0. The fraction of sp³-hybridized carbons (Fsp3) is 0.538. The highest BCUT2D eigenvalue weighted by atomic mass is 32.1. The van der Waals surface area contributed by atoms with Crippen molar-refractivity contribution >= 4 is 11.3 Å². The molecule has 0 nitrogen and oxygen atoms in total. The van der Waals surface area contributed by atoms with Gasteiger partial charge in [0.15, 0.2) is 0 Å². The number of aryl methyl sites for hydroxylation is 2. The molecule has 1 saturated carbocycles. The van der Waals surface area contributed by atoms with E-state index in [1.807, 2.05) is 11.3 Å². The van der Waals surface area contributed by atoms with E-state index < -0.39 is 0 Å². The Balaban J connectivity index is 2.01. The van der Waals surface area contributed by atoms with E-state index in [9.17, 15) is 0 Å². The monoisotopic (exact) mass is 202 g/mol. The zero-order chi connectivity index (χ0) is 9.60. The Morgan fingerprint density at radius 2 is 2.07 bits per heavy atom. The number of fused-ring (bicyclic) bond motifs is 1. The van der Waals surface area contributed by atoms with Crippen LogP contribution >= 0.6 is 11.3 Å². The Hall–Kier alpha value is -0.740. The van der Waals surface area contributed by atoms with Gasteiger partial charge in [-0.1, -0.05) is 5.92 Å². The number of terminal acetylenes is 1. The molecule has 0 N–H and O–H groups in total. The van der Waals surface area contributed by atoms with Crippen LogP contribution < -0.4 is 0 Å². The quantitative estimate of drug-likeness (QED) is 0.613. The van der Waals surface area contributed by atoms with Gasteiger partial charge in [-0.3, -0.25) is 0 Å². The van der Waals surface area contributed by atoms with Gasteiger partial charge in [-0.05, 0) is 50.2 Å². The minimum Gasteiger partial charge on any atom is -0.144 e. The molecule has 0 aromatic carbocycles. The average Bonchev–Trinajstić information content (AvgIpc) is 2.91. The number of hydrogen-bond acceptors (Lipinski definition) is 1. The van der Waals surface area contributed by atoms with Crippen LogP contribution in [0.15, 0.2) is 6.07 Å². The van der Waals surface area contributed by atoms with Gasteiger partial charge in [-0.2, -0.15) is 0 Å². The fourth-order valence-electron chi connectivity index (χ4n) is 2.31. The summed E-state index contributed by atoms with van der Waals surface area (Å²) in [7, 11) is 0. The third-order valence-electron chi connectivity index (χ3n) is 3.49. The van der Waals surface area contributed by atoms with E-state index in [0.29, 0.717) is 0 Å². The summed E-state index contributed by atoms with van der Waals surface area (Å²) in [5.41, 5.74) is 1.76. The third-order valence-corrected chi connectivity index (χ3v) is 4.94. The predicted octanol–water partition coefficient (Wildman–Crippen LogP) is 3.29. The second-order valence-corrected chi connectivity index (χ2v) is 5.63. The first kappa shape index (κ1) is 8.56. The molecule has 0 unspecified atom stereocenters. The molecule has 14 heavy (non-hydrogen) atoms. The Morgan fingerprint density at radius 3 is 2.71 bits per heavy atom. The maximum atomic E-state index is 5.62. The Kier molecular flexibility index (Phi) is 1.76. The molecule has 0 spiro atoms. The Labute approximate surface area is 89.3 Å². The second kappa shape index (κ2) is 2.87. The molecule has 0 radical (unpaired) electrons. The number of rotatable bonds is 1. The summed E-state index contributed by atoms with van der Waals surface area (Å²) in [6, 6.07) is 2.39. The smallest absolute Gasteiger partial charge is 0.0654 e. The van der Waals surface area contributed by atoms with Crippen molar-refractivity contribution < 1.29 is 0 Å². The summed E-state index contributed by atoms with van der Waals surface area (Å²) in [6.45, 7) is 0. The van der Waals surface area contributed by atoms with Crippen LogP contribution in [0.3, 0.4) is 0 Å². The molecule has 1 aromatic heterocycles. The van der Waals surface area contributed by atoms with E-state index in [0.717, 1.165) is 0 Å². The fourth-order valence-corrected chi connectivity index (χ4v) is 3.78.